The van der Waals surface area contributed by atoms with Gasteiger partial charge in [0.25, 0.3) is 5.91 Å². The maximum atomic E-state index is 11.3. The Morgan fingerprint density at radius 2 is 1.81 bits per heavy atom. The van der Waals surface area contributed by atoms with Gasteiger partial charge in [-0.3, -0.25) is 9.59 Å². The molecule has 1 atom stereocenters. The number of esters is 1. The van der Waals surface area contributed by atoms with Crippen molar-refractivity contribution in [2.75, 3.05) is 7.05 Å². The molecule has 1 amide bonds. The summed E-state index contributed by atoms with van der Waals surface area (Å²) in [6.45, 7) is 3.16. The third-order valence-corrected chi connectivity index (χ3v) is 2.21. The number of carbonyl (C=O) groups excluding carboxylic acids is 2. The van der Waals surface area contributed by atoms with Crippen molar-refractivity contribution in [1.29, 1.82) is 0 Å². The van der Waals surface area contributed by atoms with Crippen LogP contribution in [0.2, 0.25) is 0 Å². The van der Waals surface area contributed by atoms with Gasteiger partial charge in [0.2, 0.25) is 0 Å². The summed E-state index contributed by atoms with van der Waals surface area (Å²) in [6, 6.07) is 6.96. The van der Waals surface area contributed by atoms with Crippen LogP contribution in [-0.2, 0) is 9.53 Å². The highest BCUT2D eigenvalue weighted by atomic mass is 16.5. The van der Waals surface area contributed by atoms with Crippen molar-refractivity contribution in [3.63, 3.8) is 0 Å². The third-order valence-electron chi connectivity index (χ3n) is 2.21. The second-order valence-electron chi connectivity index (χ2n) is 3.45. The zero-order valence-electron chi connectivity index (χ0n) is 9.61. The number of hydrogen-bond donors (Lipinski definition) is 1. The van der Waals surface area contributed by atoms with E-state index in [1.807, 2.05) is 0 Å². The van der Waals surface area contributed by atoms with Gasteiger partial charge in [0.1, 0.15) is 6.10 Å². The molecule has 1 aromatic carbocycles. The number of benzene rings is 1. The van der Waals surface area contributed by atoms with E-state index < -0.39 is 0 Å². The van der Waals surface area contributed by atoms with Gasteiger partial charge in [0, 0.05) is 19.5 Å². The minimum absolute atomic E-state index is 0.133. The molecule has 0 aliphatic heterocycles. The van der Waals surface area contributed by atoms with Gasteiger partial charge in [-0.25, -0.2) is 0 Å². The summed E-state index contributed by atoms with van der Waals surface area (Å²) >= 11 is 0. The monoisotopic (exact) mass is 221 g/mol. The van der Waals surface area contributed by atoms with Crippen molar-refractivity contribution in [2.24, 2.45) is 0 Å². The standard InChI is InChI=1S/C12H15NO3/c1-8(16-9(2)14)10-4-6-11(7-5-10)12(15)13-3/h4-8H,1-3H3,(H,13,15). The van der Waals surface area contributed by atoms with Crippen LogP contribution < -0.4 is 5.32 Å². The lowest BCUT2D eigenvalue weighted by atomic mass is 10.1. The van der Waals surface area contributed by atoms with Gasteiger partial charge in [-0.2, -0.15) is 0 Å². The second-order valence-corrected chi connectivity index (χ2v) is 3.45. The van der Waals surface area contributed by atoms with Gasteiger partial charge in [-0.05, 0) is 24.6 Å². The summed E-state index contributed by atoms with van der Waals surface area (Å²) in [6.07, 6.45) is -0.295. The van der Waals surface area contributed by atoms with Crippen LogP contribution in [0.1, 0.15) is 35.9 Å². The highest BCUT2D eigenvalue weighted by molar-refractivity contribution is 5.93. The third kappa shape index (κ3) is 3.08. The van der Waals surface area contributed by atoms with E-state index in [-0.39, 0.29) is 18.0 Å². The van der Waals surface area contributed by atoms with Crippen molar-refractivity contribution in [2.45, 2.75) is 20.0 Å². The predicted molar refractivity (Wildman–Crippen MR) is 60.0 cm³/mol. The van der Waals surface area contributed by atoms with Crippen LogP contribution in [0.3, 0.4) is 0 Å². The van der Waals surface area contributed by atoms with Crippen LogP contribution in [0.4, 0.5) is 0 Å². The fraction of sp³-hybridized carbons (Fsp3) is 0.333. The minimum atomic E-state index is -0.317. The van der Waals surface area contributed by atoms with Crippen LogP contribution >= 0.6 is 0 Å². The molecule has 0 saturated heterocycles. The molecule has 1 rings (SSSR count). The fourth-order valence-corrected chi connectivity index (χ4v) is 1.37. The smallest absolute Gasteiger partial charge is 0.303 e. The van der Waals surface area contributed by atoms with Crippen molar-refractivity contribution >= 4 is 11.9 Å². The fourth-order valence-electron chi connectivity index (χ4n) is 1.37. The molecule has 0 saturated carbocycles. The van der Waals surface area contributed by atoms with Crippen LogP contribution in [0.5, 0.6) is 0 Å². The lowest BCUT2D eigenvalue weighted by Crippen LogP contribution is -2.17. The topological polar surface area (TPSA) is 55.4 Å². The van der Waals surface area contributed by atoms with Crippen molar-refractivity contribution in [3.05, 3.63) is 35.4 Å². The second kappa shape index (κ2) is 5.30. The number of carbonyl (C=O) groups is 2. The molecule has 0 aromatic heterocycles. The molecule has 0 fully saturated rings. The molecule has 0 heterocycles. The Bertz CT molecular complexity index is 384. The van der Waals surface area contributed by atoms with Crippen LogP contribution in [0, 0.1) is 0 Å². The Labute approximate surface area is 94.6 Å². The van der Waals surface area contributed by atoms with Crippen LogP contribution in [0.25, 0.3) is 0 Å². The van der Waals surface area contributed by atoms with E-state index >= 15 is 0 Å². The van der Waals surface area contributed by atoms with Gasteiger partial charge in [0.05, 0.1) is 0 Å². The normalized spacial score (nSPS) is 11.7. The van der Waals surface area contributed by atoms with Gasteiger partial charge in [0.15, 0.2) is 0 Å². The molecule has 0 aliphatic carbocycles. The molecular weight excluding hydrogens is 206 g/mol. The SMILES string of the molecule is CNC(=O)c1ccc(C(C)OC(C)=O)cc1. The summed E-state index contributed by atoms with van der Waals surface area (Å²) in [5.74, 6) is -0.449. The van der Waals surface area contributed by atoms with E-state index in [1.54, 1.807) is 38.2 Å². The minimum Gasteiger partial charge on any atom is -0.458 e. The first-order chi connectivity index (χ1) is 7.54. The maximum Gasteiger partial charge on any atom is 0.303 e. The predicted octanol–water partition coefficient (Wildman–Crippen LogP) is 1.67. The summed E-state index contributed by atoms with van der Waals surface area (Å²) in [5, 5.41) is 2.54. The molecule has 1 aromatic rings. The van der Waals surface area contributed by atoms with E-state index in [2.05, 4.69) is 5.32 Å². The largest absolute Gasteiger partial charge is 0.458 e. The first-order valence-corrected chi connectivity index (χ1v) is 5.04. The van der Waals surface area contributed by atoms with Crippen LogP contribution in [0.15, 0.2) is 24.3 Å². The van der Waals surface area contributed by atoms with E-state index in [0.717, 1.165) is 5.56 Å². The number of rotatable bonds is 3. The van der Waals surface area contributed by atoms with Crippen molar-refractivity contribution in [3.8, 4) is 0 Å². The van der Waals surface area contributed by atoms with Crippen LogP contribution in [-0.4, -0.2) is 18.9 Å². The van der Waals surface area contributed by atoms with Gasteiger partial charge >= 0.3 is 5.97 Å². The molecular formula is C12H15NO3. The van der Waals surface area contributed by atoms with Gasteiger partial charge in [-0.1, -0.05) is 12.1 Å². The highest BCUT2D eigenvalue weighted by Crippen LogP contribution is 2.17. The summed E-state index contributed by atoms with van der Waals surface area (Å²) < 4.78 is 5.02. The molecule has 4 heteroatoms. The van der Waals surface area contributed by atoms with Gasteiger partial charge < -0.3 is 10.1 Å². The first kappa shape index (κ1) is 12.2. The van der Waals surface area contributed by atoms with E-state index in [1.165, 1.54) is 6.92 Å². The molecule has 16 heavy (non-hydrogen) atoms. The lowest BCUT2D eigenvalue weighted by Gasteiger charge is -2.12. The van der Waals surface area contributed by atoms with E-state index in [9.17, 15) is 9.59 Å². The number of hydrogen-bond acceptors (Lipinski definition) is 3. The summed E-state index contributed by atoms with van der Waals surface area (Å²) in [4.78, 5) is 22.0. The number of nitrogens with one attached hydrogen (secondary N) is 1. The molecule has 0 radical (unpaired) electrons. The molecule has 0 aliphatic rings. The summed E-state index contributed by atoms with van der Waals surface area (Å²) in [5.41, 5.74) is 1.45. The Morgan fingerprint density at radius 1 is 1.25 bits per heavy atom. The number of ether oxygens (including phenoxy) is 1. The maximum absolute atomic E-state index is 11.3. The van der Waals surface area contributed by atoms with Crippen molar-refractivity contribution < 1.29 is 14.3 Å². The van der Waals surface area contributed by atoms with Crippen molar-refractivity contribution in [1.82, 2.24) is 5.32 Å². The van der Waals surface area contributed by atoms with E-state index in [4.69, 9.17) is 4.74 Å². The Hall–Kier alpha value is -1.84. The molecule has 86 valence electrons. The number of amides is 1. The average Bonchev–Trinajstić information content (AvgIpc) is 2.27. The zero-order valence-corrected chi connectivity index (χ0v) is 9.61. The Kier molecular flexibility index (Phi) is 4.05. The molecule has 1 unspecified atom stereocenters. The molecule has 0 spiro atoms. The first-order valence-electron chi connectivity index (χ1n) is 5.04. The highest BCUT2D eigenvalue weighted by Gasteiger charge is 2.09. The Morgan fingerprint density at radius 3 is 2.25 bits per heavy atom. The Balaban J connectivity index is 2.78. The molecule has 4 nitrogen and oxygen atoms in total. The lowest BCUT2D eigenvalue weighted by molar-refractivity contribution is -0.145. The molecule has 1 N–H and O–H groups in total. The van der Waals surface area contributed by atoms with Gasteiger partial charge in [-0.15, -0.1) is 0 Å². The molecule has 0 bridgehead atoms. The zero-order chi connectivity index (χ0) is 12.1. The summed E-state index contributed by atoms with van der Waals surface area (Å²) in [7, 11) is 1.58. The quantitative estimate of drug-likeness (QED) is 0.790. The van der Waals surface area contributed by atoms with E-state index in [0.29, 0.717) is 5.56 Å². The average molecular weight is 221 g/mol.